The van der Waals surface area contributed by atoms with E-state index in [2.05, 4.69) is 42.9 Å². The van der Waals surface area contributed by atoms with E-state index in [0.29, 0.717) is 11.3 Å². The van der Waals surface area contributed by atoms with E-state index in [4.69, 9.17) is 0 Å². The highest BCUT2D eigenvalue weighted by Crippen LogP contribution is 2.28. The lowest BCUT2D eigenvalue weighted by Crippen LogP contribution is -2.27. The number of fused-ring (bicyclic) bond motifs is 1. The summed E-state index contributed by atoms with van der Waals surface area (Å²) in [6, 6.07) is 17.2. The van der Waals surface area contributed by atoms with Gasteiger partial charge in [-0.15, -0.1) is 0 Å². The SMILES string of the molecule is Cc1cc([C@@H](C)NC(=O)c2cccc3cc(C(C)(C)C)ccc23)ccc1NS(C)(=O)=O. The second-order valence-corrected chi connectivity index (χ2v) is 10.9. The molecule has 1 amide bonds. The van der Waals surface area contributed by atoms with Crippen molar-refractivity contribution in [3.8, 4) is 0 Å². The van der Waals surface area contributed by atoms with Crippen molar-refractivity contribution in [3.63, 3.8) is 0 Å². The van der Waals surface area contributed by atoms with E-state index in [9.17, 15) is 13.2 Å². The molecule has 164 valence electrons. The van der Waals surface area contributed by atoms with Crippen LogP contribution in [0.1, 0.15) is 60.8 Å². The number of hydrogen-bond donors (Lipinski definition) is 2. The summed E-state index contributed by atoms with van der Waals surface area (Å²) in [7, 11) is -3.34. The van der Waals surface area contributed by atoms with E-state index in [0.717, 1.165) is 28.2 Å². The first-order chi connectivity index (χ1) is 14.3. The van der Waals surface area contributed by atoms with Crippen molar-refractivity contribution in [2.75, 3.05) is 11.0 Å². The molecule has 6 heteroatoms. The Labute approximate surface area is 184 Å². The standard InChI is InChI=1S/C25H30N2O3S/c1-16-14-18(10-13-23(16)27-31(6,29)30)17(2)26-24(28)22-9-7-8-19-15-20(25(3,4)5)11-12-21(19)22/h7-15,17,27H,1-6H3,(H,26,28)/t17-/m1/s1. The van der Waals surface area contributed by atoms with Crippen molar-refractivity contribution in [1.82, 2.24) is 5.32 Å². The van der Waals surface area contributed by atoms with Gasteiger partial charge >= 0.3 is 0 Å². The zero-order valence-corrected chi connectivity index (χ0v) is 19.7. The molecule has 1 atom stereocenters. The lowest BCUT2D eigenvalue weighted by atomic mass is 9.85. The van der Waals surface area contributed by atoms with Gasteiger partial charge in [0, 0.05) is 5.56 Å². The molecule has 0 aliphatic carbocycles. The van der Waals surface area contributed by atoms with Crippen molar-refractivity contribution < 1.29 is 13.2 Å². The predicted molar refractivity (Wildman–Crippen MR) is 128 cm³/mol. The predicted octanol–water partition coefficient (Wildman–Crippen LogP) is 5.31. The minimum atomic E-state index is -3.34. The number of sulfonamides is 1. The third-order valence-corrected chi connectivity index (χ3v) is 5.98. The fourth-order valence-corrected chi connectivity index (χ4v) is 4.20. The summed E-state index contributed by atoms with van der Waals surface area (Å²) < 4.78 is 25.5. The van der Waals surface area contributed by atoms with E-state index < -0.39 is 10.0 Å². The second-order valence-electron chi connectivity index (χ2n) is 9.14. The van der Waals surface area contributed by atoms with Crippen LogP contribution in [0.3, 0.4) is 0 Å². The van der Waals surface area contributed by atoms with E-state index in [-0.39, 0.29) is 17.4 Å². The Morgan fingerprint density at radius 1 is 1.00 bits per heavy atom. The molecule has 3 aromatic carbocycles. The summed E-state index contributed by atoms with van der Waals surface area (Å²) in [5, 5.41) is 5.03. The van der Waals surface area contributed by atoms with Crippen LogP contribution in [-0.4, -0.2) is 20.6 Å². The number of aryl methyl sites for hydroxylation is 1. The second kappa shape index (κ2) is 8.35. The largest absolute Gasteiger partial charge is 0.345 e. The highest BCUT2D eigenvalue weighted by Gasteiger charge is 2.18. The Balaban J connectivity index is 1.84. The summed E-state index contributed by atoms with van der Waals surface area (Å²) in [4.78, 5) is 13.1. The van der Waals surface area contributed by atoms with Crippen molar-refractivity contribution in [1.29, 1.82) is 0 Å². The third-order valence-electron chi connectivity index (χ3n) is 5.38. The van der Waals surface area contributed by atoms with Gasteiger partial charge < -0.3 is 5.32 Å². The highest BCUT2D eigenvalue weighted by molar-refractivity contribution is 7.92. The maximum atomic E-state index is 13.1. The normalized spacial score (nSPS) is 13.1. The van der Waals surface area contributed by atoms with Gasteiger partial charge in [0.05, 0.1) is 18.0 Å². The number of carbonyl (C=O) groups is 1. The van der Waals surface area contributed by atoms with Gasteiger partial charge in [-0.1, -0.05) is 63.2 Å². The lowest BCUT2D eigenvalue weighted by molar-refractivity contribution is 0.0941. The smallest absolute Gasteiger partial charge is 0.252 e. The van der Waals surface area contributed by atoms with Gasteiger partial charge in [0.1, 0.15) is 0 Å². The molecule has 0 aliphatic heterocycles. The van der Waals surface area contributed by atoms with Crippen LogP contribution < -0.4 is 10.0 Å². The average Bonchev–Trinajstić information content (AvgIpc) is 2.66. The average molecular weight is 439 g/mol. The summed E-state index contributed by atoms with van der Waals surface area (Å²) in [5.74, 6) is -0.141. The number of benzene rings is 3. The van der Waals surface area contributed by atoms with Crippen LogP contribution in [0.2, 0.25) is 0 Å². The Kier molecular flexibility index (Phi) is 6.14. The Bertz CT molecular complexity index is 1240. The van der Waals surface area contributed by atoms with E-state index in [1.54, 1.807) is 6.07 Å². The molecule has 0 saturated heterocycles. The van der Waals surface area contributed by atoms with Crippen molar-refractivity contribution in [3.05, 3.63) is 76.9 Å². The molecular formula is C25H30N2O3S. The highest BCUT2D eigenvalue weighted by atomic mass is 32.2. The van der Waals surface area contributed by atoms with Crippen molar-refractivity contribution >= 4 is 32.4 Å². The molecule has 31 heavy (non-hydrogen) atoms. The van der Waals surface area contributed by atoms with Crippen LogP contribution in [0, 0.1) is 6.92 Å². The molecule has 0 bridgehead atoms. The third kappa shape index (κ3) is 5.44. The first-order valence-corrected chi connectivity index (χ1v) is 12.2. The van der Waals surface area contributed by atoms with Gasteiger partial charge in [-0.05, 0) is 58.9 Å². The Morgan fingerprint density at radius 3 is 2.32 bits per heavy atom. The van der Waals surface area contributed by atoms with Gasteiger partial charge in [0.15, 0.2) is 0 Å². The zero-order chi connectivity index (χ0) is 23.0. The number of amides is 1. The van der Waals surface area contributed by atoms with Gasteiger partial charge in [-0.25, -0.2) is 8.42 Å². The van der Waals surface area contributed by atoms with E-state index in [1.807, 2.05) is 50.2 Å². The Morgan fingerprint density at radius 2 is 1.71 bits per heavy atom. The van der Waals surface area contributed by atoms with Crippen LogP contribution in [0.25, 0.3) is 10.8 Å². The molecule has 3 rings (SSSR count). The molecule has 0 unspecified atom stereocenters. The van der Waals surface area contributed by atoms with Gasteiger partial charge in [0.25, 0.3) is 5.91 Å². The van der Waals surface area contributed by atoms with Crippen LogP contribution in [-0.2, 0) is 15.4 Å². The number of hydrogen-bond acceptors (Lipinski definition) is 3. The monoisotopic (exact) mass is 438 g/mol. The Hall–Kier alpha value is -2.86. The van der Waals surface area contributed by atoms with Crippen molar-refractivity contribution in [2.45, 2.75) is 46.1 Å². The zero-order valence-electron chi connectivity index (χ0n) is 18.9. The summed E-state index contributed by atoms with van der Waals surface area (Å²) in [6.07, 6.45) is 1.12. The molecule has 0 saturated carbocycles. The number of anilines is 1. The molecule has 0 radical (unpaired) electrons. The molecule has 3 aromatic rings. The molecule has 5 nitrogen and oxygen atoms in total. The first-order valence-electron chi connectivity index (χ1n) is 10.3. The molecule has 0 spiro atoms. The van der Waals surface area contributed by atoms with Crippen LogP contribution in [0.15, 0.2) is 54.6 Å². The molecule has 0 aromatic heterocycles. The fraction of sp³-hybridized carbons (Fsp3) is 0.320. The quantitative estimate of drug-likeness (QED) is 0.567. The van der Waals surface area contributed by atoms with E-state index >= 15 is 0 Å². The maximum Gasteiger partial charge on any atom is 0.252 e. The van der Waals surface area contributed by atoms with Gasteiger partial charge in [-0.3, -0.25) is 9.52 Å². The molecule has 2 N–H and O–H groups in total. The number of nitrogens with one attached hydrogen (secondary N) is 2. The van der Waals surface area contributed by atoms with Gasteiger partial charge in [0.2, 0.25) is 10.0 Å². The molecule has 0 heterocycles. The van der Waals surface area contributed by atoms with Crippen molar-refractivity contribution in [2.24, 2.45) is 0 Å². The summed E-state index contributed by atoms with van der Waals surface area (Å²) in [5.41, 5.74) is 4.13. The van der Waals surface area contributed by atoms with Crippen LogP contribution >= 0.6 is 0 Å². The summed E-state index contributed by atoms with van der Waals surface area (Å²) in [6.45, 7) is 10.3. The number of rotatable bonds is 5. The van der Waals surface area contributed by atoms with Gasteiger partial charge in [-0.2, -0.15) is 0 Å². The molecular weight excluding hydrogens is 408 g/mol. The van der Waals surface area contributed by atoms with Crippen LogP contribution in [0.4, 0.5) is 5.69 Å². The topological polar surface area (TPSA) is 75.3 Å². The fourth-order valence-electron chi connectivity index (χ4n) is 3.58. The molecule has 0 aliphatic rings. The van der Waals surface area contributed by atoms with Crippen LogP contribution in [0.5, 0.6) is 0 Å². The first kappa shape index (κ1) is 22.8. The minimum Gasteiger partial charge on any atom is -0.345 e. The molecule has 0 fully saturated rings. The summed E-state index contributed by atoms with van der Waals surface area (Å²) >= 11 is 0. The van der Waals surface area contributed by atoms with E-state index in [1.165, 1.54) is 5.56 Å². The number of carbonyl (C=O) groups excluding carboxylic acids is 1. The lowest BCUT2D eigenvalue weighted by Gasteiger charge is -2.20. The minimum absolute atomic E-state index is 0.0386. The maximum absolute atomic E-state index is 13.1.